The molecule has 1 aliphatic rings. The van der Waals surface area contributed by atoms with Gasteiger partial charge in [0.05, 0.1) is 0 Å². The summed E-state index contributed by atoms with van der Waals surface area (Å²) < 4.78 is 0. The number of aromatic nitrogens is 2. The van der Waals surface area contributed by atoms with Crippen molar-refractivity contribution in [3.8, 4) is 0 Å². The Balaban J connectivity index is 1.40. The van der Waals surface area contributed by atoms with Crippen LogP contribution in [0, 0.1) is 0 Å². The van der Waals surface area contributed by atoms with Crippen LogP contribution in [0.3, 0.4) is 0 Å². The van der Waals surface area contributed by atoms with Crippen LogP contribution >= 0.6 is 0 Å². The average Bonchev–Trinajstić information content (AvgIpc) is 2.69. The Labute approximate surface area is 148 Å². The van der Waals surface area contributed by atoms with Gasteiger partial charge in [0.2, 0.25) is 5.95 Å². The fourth-order valence-corrected chi connectivity index (χ4v) is 3.27. The highest BCUT2D eigenvalue weighted by Gasteiger charge is 2.17. The van der Waals surface area contributed by atoms with Crippen molar-refractivity contribution in [3.63, 3.8) is 0 Å². The molecule has 4 rings (SSSR count). The predicted molar refractivity (Wildman–Crippen MR) is 102 cm³/mol. The molecule has 0 amide bonds. The average molecular weight is 330 g/mol. The van der Waals surface area contributed by atoms with Crippen LogP contribution in [0.4, 0.5) is 11.8 Å². The van der Waals surface area contributed by atoms with Crippen molar-refractivity contribution in [1.82, 2.24) is 9.97 Å². The Morgan fingerprint density at radius 1 is 0.920 bits per heavy atom. The third-order valence-electron chi connectivity index (χ3n) is 4.64. The van der Waals surface area contributed by atoms with Gasteiger partial charge in [-0.2, -0.15) is 4.98 Å². The molecule has 1 N–H and O–H groups in total. The number of anilines is 2. The summed E-state index contributed by atoms with van der Waals surface area (Å²) in [6.45, 7) is 2.74. The van der Waals surface area contributed by atoms with Gasteiger partial charge >= 0.3 is 0 Å². The fourth-order valence-electron chi connectivity index (χ4n) is 3.27. The van der Waals surface area contributed by atoms with Gasteiger partial charge < -0.3 is 10.2 Å². The first-order valence-corrected chi connectivity index (χ1v) is 8.81. The van der Waals surface area contributed by atoms with Gasteiger partial charge in [0.25, 0.3) is 0 Å². The maximum atomic E-state index is 4.70. The van der Waals surface area contributed by atoms with Crippen LogP contribution in [0.2, 0.25) is 0 Å². The van der Waals surface area contributed by atoms with Crippen molar-refractivity contribution in [2.24, 2.45) is 0 Å². The van der Waals surface area contributed by atoms with Crippen molar-refractivity contribution in [2.45, 2.75) is 19.4 Å². The van der Waals surface area contributed by atoms with Crippen molar-refractivity contribution < 1.29 is 0 Å². The number of benzene rings is 2. The molecule has 0 saturated carbocycles. The summed E-state index contributed by atoms with van der Waals surface area (Å²) in [7, 11) is 0. The summed E-state index contributed by atoms with van der Waals surface area (Å²) in [5, 5.41) is 3.34. The quantitative estimate of drug-likeness (QED) is 0.774. The second kappa shape index (κ2) is 7.34. The van der Waals surface area contributed by atoms with E-state index in [-0.39, 0.29) is 0 Å². The van der Waals surface area contributed by atoms with Crippen LogP contribution < -0.4 is 10.2 Å². The van der Waals surface area contributed by atoms with Crippen LogP contribution in [0.1, 0.15) is 16.7 Å². The number of fused-ring (bicyclic) bond motifs is 1. The lowest BCUT2D eigenvalue weighted by atomic mass is 10.00. The van der Waals surface area contributed by atoms with Crippen molar-refractivity contribution >= 4 is 11.8 Å². The van der Waals surface area contributed by atoms with E-state index in [1.165, 1.54) is 16.7 Å². The second-order valence-electron chi connectivity index (χ2n) is 6.34. The Bertz CT molecular complexity index is 832. The molecule has 1 aliphatic heterocycles. The molecule has 0 unspecified atom stereocenters. The first-order valence-electron chi connectivity index (χ1n) is 8.81. The topological polar surface area (TPSA) is 41.1 Å². The second-order valence-corrected chi connectivity index (χ2v) is 6.34. The van der Waals surface area contributed by atoms with Crippen LogP contribution in [0.15, 0.2) is 66.9 Å². The molecule has 2 heterocycles. The van der Waals surface area contributed by atoms with Gasteiger partial charge in [-0.25, -0.2) is 4.98 Å². The summed E-state index contributed by atoms with van der Waals surface area (Å²) in [6.07, 6.45) is 3.87. The van der Waals surface area contributed by atoms with Gasteiger partial charge in [-0.05, 0) is 35.6 Å². The Kier molecular flexibility index (Phi) is 4.59. The molecule has 1 aromatic heterocycles. The van der Waals surface area contributed by atoms with E-state index >= 15 is 0 Å². The lowest BCUT2D eigenvalue weighted by Gasteiger charge is -2.29. The third-order valence-corrected chi connectivity index (χ3v) is 4.64. The molecule has 3 aromatic rings. The minimum Gasteiger partial charge on any atom is -0.354 e. The first-order chi connectivity index (χ1) is 12.4. The smallest absolute Gasteiger partial charge is 0.224 e. The molecule has 4 nitrogen and oxygen atoms in total. The fraction of sp³-hybridized carbons (Fsp3) is 0.238. The number of nitrogens with one attached hydrogen (secondary N) is 1. The lowest BCUT2D eigenvalue weighted by molar-refractivity contribution is 0.719. The molecular formula is C21H22N4. The van der Waals surface area contributed by atoms with Crippen LogP contribution in [0.5, 0.6) is 0 Å². The number of nitrogens with zero attached hydrogens (tertiary/aromatic N) is 3. The van der Waals surface area contributed by atoms with E-state index in [4.69, 9.17) is 4.98 Å². The van der Waals surface area contributed by atoms with Crippen molar-refractivity contribution in [3.05, 3.63) is 83.6 Å². The Morgan fingerprint density at radius 3 is 2.60 bits per heavy atom. The summed E-state index contributed by atoms with van der Waals surface area (Å²) in [4.78, 5) is 11.4. The van der Waals surface area contributed by atoms with Gasteiger partial charge in [-0.3, -0.25) is 0 Å². The number of rotatable bonds is 5. The van der Waals surface area contributed by atoms with Gasteiger partial charge in [-0.1, -0.05) is 54.6 Å². The van der Waals surface area contributed by atoms with Crippen LogP contribution in [-0.2, 0) is 19.4 Å². The molecule has 0 spiro atoms. The zero-order chi connectivity index (χ0) is 16.9. The molecule has 0 bridgehead atoms. The van der Waals surface area contributed by atoms with Crippen molar-refractivity contribution in [2.75, 3.05) is 23.3 Å². The summed E-state index contributed by atoms with van der Waals surface area (Å²) in [5.41, 5.74) is 4.17. The van der Waals surface area contributed by atoms with E-state index in [1.807, 2.05) is 18.3 Å². The lowest BCUT2D eigenvalue weighted by Crippen LogP contribution is -2.31. The van der Waals surface area contributed by atoms with E-state index in [1.54, 1.807) is 0 Å². The zero-order valence-electron chi connectivity index (χ0n) is 14.2. The maximum Gasteiger partial charge on any atom is 0.224 e. The molecule has 0 aliphatic carbocycles. The number of hydrogen-bond donors (Lipinski definition) is 1. The summed E-state index contributed by atoms with van der Waals surface area (Å²) >= 11 is 0. The first kappa shape index (κ1) is 15.6. The van der Waals surface area contributed by atoms with Gasteiger partial charge in [0.15, 0.2) is 0 Å². The van der Waals surface area contributed by atoms with E-state index in [0.717, 1.165) is 38.3 Å². The highest BCUT2D eigenvalue weighted by Crippen LogP contribution is 2.23. The minimum absolute atomic E-state index is 0.701. The predicted octanol–water partition coefficient (Wildman–Crippen LogP) is 3.69. The van der Waals surface area contributed by atoms with E-state index in [9.17, 15) is 0 Å². The molecule has 0 atom stereocenters. The van der Waals surface area contributed by atoms with Gasteiger partial charge in [-0.15, -0.1) is 0 Å². The normalized spacial score (nSPS) is 13.4. The van der Waals surface area contributed by atoms with Gasteiger partial charge in [0.1, 0.15) is 5.82 Å². The summed E-state index contributed by atoms with van der Waals surface area (Å²) in [6, 6.07) is 21.1. The van der Waals surface area contributed by atoms with Crippen molar-refractivity contribution in [1.29, 1.82) is 0 Å². The zero-order valence-corrected chi connectivity index (χ0v) is 14.2. The molecule has 0 saturated heterocycles. The molecular weight excluding hydrogens is 308 g/mol. The van der Waals surface area contributed by atoms with Gasteiger partial charge in [0, 0.05) is 25.8 Å². The SMILES string of the molecule is c1ccc(CCNc2nccc(N3CCc4ccccc4C3)n2)cc1. The monoisotopic (exact) mass is 330 g/mol. The van der Waals surface area contributed by atoms with E-state index in [2.05, 4.69) is 63.7 Å². The standard InChI is InChI=1S/C21H22N4/c1-2-6-17(7-3-1)10-13-22-21-23-14-11-20(24-21)25-15-12-18-8-4-5-9-19(18)16-25/h1-9,11,14H,10,12-13,15-16H2,(H,22,23,24). The van der Waals surface area contributed by atoms with E-state index < -0.39 is 0 Å². The minimum atomic E-state index is 0.701. The molecule has 2 aromatic carbocycles. The molecule has 25 heavy (non-hydrogen) atoms. The highest BCUT2D eigenvalue weighted by atomic mass is 15.2. The third kappa shape index (κ3) is 3.79. The highest BCUT2D eigenvalue weighted by molar-refractivity contribution is 5.46. The largest absolute Gasteiger partial charge is 0.354 e. The summed E-state index contributed by atoms with van der Waals surface area (Å²) in [5.74, 6) is 1.69. The molecule has 0 fully saturated rings. The molecule has 126 valence electrons. The number of hydrogen-bond acceptors (Lipinski definition) is 4. The Hall–Kier alpha value is -2.88. The Morgan fingerprint density at radius 2 is 1.72 bits per heavy atom. The van der Waals surface area contributed by atoms with E-state index in [0.29, 0.717) is 5.95 Å². The molecule has 0 radical (unpaired) electrons. The maximum absolute atomic E-state index is 4.70. The van der Waals surface area contributed by atoms with Crippen LogP contribution in [-0.4, -0.2) is 23.1 Å². The van der Waals surface area contributed by atoms with Crippen LogP contribution in [0.25, 0.3) is 0 Å². The molecule has 4 heteroatoms.